The van der Waals surface area contributed by atoms with Crippen LogP contribution < -0.4 is 11.1 Å². The summed E-state index contributed by atoms with van der Waals surface area (Å²) in [5, 5.41) is 3.34. The lowest BCUT2D eigenvalue weighted by Crippen LogP contribution is -2.13. The van der Waals surface area contributed by atoms with E-state index in [0.29, 0.717) is 27.4 Å². The first-order valence-corrected chi connectivity index (χ1v) is 9.80. The molecule has 5 nitrogen and oxygen atoms in total. The van der Waals surface area contributed by atoms with Crippen molar-refractivity contribution in [2.24, 2.45) is 0 Å². The summed E-state index contributed by atoms with van der Waals surface area (Å²) in [7, 11) is 1.60. The summed E-state index contributed by atoms with van der Waals surface area (Å²) in [6.07, 6.45) is 0.747. The summed E-state index contributed by atoms with van der Waals surface area (Å²) in [6.45, 7) is 2.33. The number of benzene rings is 1. The van der Waals surface area contributed by atoms with Crippen LogP contribution in [-0.4, -0.2) is 18.0 Å². The number of pyridine rings is 1. The molecule has 0 aliphatic carbocycles. The van der Waals surface area contributed by atoms with E-state index in [1.165, 1.54) is 17.4 Å². The molecule has 26 heavy (non-hydrogen) atoms. The van der Waals surface area contributed by atoms with Gasteiger partial charge in [0.1, 0.15) is 19.2 Å². The Morgan fingerprint density at radius 2 is 2.19 bits per heavy atom. The number of nitrogens with one attached hydrogen (secondary N) is 1. The van der Waals surface area contributed by atoms with Crippen LogP contribution in [0.25, 0.3) is 10.2 Å². The molecule has 3 rings (SSSR count). The molecule has 0 aliphatic rings. The van der Waals surface area contributed by atoms with Gasteiger partial charge in [0.2, 0.25) is 0 Å². The Morgan fingerprint density at radius 1 is 1.42 bits per heavy atom. The maximum atomic E-state index is 14.0. The second-order valence-corrected chi connectivity index (χ2v) is 7.79. The number of carbonyl (C=O) groups excluding carboxylic acids is 1. The summed E-state index contributed by atoms with van der Waals surface area (Å²) in [5.74, 6) is -0.931. The fourth-order valence-electron chi connectivity index (χ4n) is 2.67. The van der Waals surface area contributed by atoms with E-state index in [1.54, 1.807) is 19.2 Å². The molecule has 0 aliphatic heterocycles. The molecule has 2 aromatic heterocycles. The van der Waals surface area contributed by atoms with Crippen LogP contribution in [0.15, 0.2) is 24.3 Å². The zero-order chi connectivity index (χ0) is 18.8. The normalized spacial score (nSPS) is 11.1. The number of aryl methyl sites for hydroxylation is 1. The molecule has 3 N–H and O–H groups in total. The predicted octanol–water partition coefficient (Wildman–Crippen LogP) is 4.58. The number of rotatable bonds is 5. The Bertz CT molecular complexity index is 990. The van der Waals surface area contributed by atoms with Gasteiger partial charge in [0, 0.05) is 12.5 Å². The van der Waals surface area contributed by atoms with Crippen LogP contribution in [0.5, 0.6) is 0 Å². The van der Waals surface area contributed by atoms with Crippen molar-refractivity contribution in [1.82, 2.24) is 4.98 Å². The van der Waals surface area contributed by atoms with Crippen molar-refractivity contribution < 1.29 is 13.9 Å². The Labute approximate surface area is 167 Å². The molecule has 1 amide bonds. The van der Waals surface area contributed by atoms with Crippen molar-refractivity contribution in [3.8, 4) is 0 Å². The number of anilines is 2. The number of ether oxygens (including phenoxy) is 1. The van der Waals surface area contributed by atoms with Crippen molar-refractivity contribution in [3.05, 3.63) is 49.8 Å². The van der Waals surface area contributed by atoms with Crippen LogP contribution in [0.3, 0.4) is 0 Å². The van der Waals surface area contributed by atoms with E-state index in [1.807, 2.05) is 13.0 Å². The molecule has 3 aromatic rings. The number of methoxy groups -OCH3 is 1. The molecule has 0 atom stereocenters. The highest BCUT2D eigenvalue weighted by Crippen LogP contribution is 2.36. The minimum Gasteiger partial charge on any atom is -0.397 e. The largest absolute Gasteiger partial charge is 0.397 e. The van der Waals surface area contributed by atoms with Crippen molar-refractivity contribution >= 4 is 61.4 Å². The maximum Gasteiger partial charge on any atom is 0.268 e. The monoisotopic (exact) mass is 485 g/mol. The minimum absolute atomic E-state index is 0.144. The third-order valence-corrected chi connectivity index (χ3v) is 5.59. The quantitative estimate of drug-likeness (QED) is 0.410. The molecule has 0 saturated carbocycles. The van der Waals surface area contributed by atoms with Crippen molar-refractivity contribution in [1.29, 1.82) is 0 Å². The minimum atomic E-state index is -0.483. The number of nitrogens with zero attached hydrogens (tertiary/aromatic N) is 1. The Hall–Kier alpha value is -1.78. The molecule has 0 fully saturated rings. The third-order valence-electron chi connectivity index (χ3n) is 3.94. The summed E-state index contributed by atoms with van der Waals surface area (Å²) in [6, 6.07) is 6.56. The SMILES string of the molecule is CCc1ccc(F)c(NC(=O)c2sc3nc(I)cc(COC)c3c2N)c1. The standard InChI is InChI=1S/C18H17FIN3O2S/c1-3-9-4-5-11(19)12(6-9)22-17(24)16-15(21)14-10(8-25-2)7-13(20)23-18(14)26-16/h4-7H,3,8,21H2,1-2H3,(H,22,24). The van der Waals surface area contributed by atoms with Gasteiger partial charge in [-0.1, -0.05) is 13.0 Å². The van der Waals surface area contributed by atoms with Gasteiger partial charge < -0.3 is 15.8 Å². The van der Waals surface area contributed by atoms with Crippen LogP contribution in [-0.2, 0) is 17.8 Å². The summed E-state index contributed by atoms with van der Waals surface area (Å²) < 4.78 is 20.0. The van der Waals surface area contributed by atoms with E-state index in [2.05, 4.69) is 32.9 Å². The van der Waals surface area contributed by atoms with E-state index >= 15 is 0 Å². The lowest BCUT2D eigenvalue weighted by molar-refractivity contribution is 0.103. The van der Waals surface area contributed by atoms with Gasteiger partial charge in [-0.25, -0.2) is 9.37 Å². The molecule has 136 valence electrons. The second-order valence-electron chi connectivity index (χ2n) is 5.68. The highest BCUT2D eigenvalue weighted by atomic mass is 127. The van der Waals surface area contributed by atoms with E-state index in [9.17, 15) is 9.18 Å². The lowest BCUT2D eigenvalue weighted by Gasteiger charge is -2.08. The summed E-state index contributed by atoms with van der Waals surface area (Å²) >= 11 is 3.30. The molecule has 8 heteroatoms. The summed E-state index contributed by atoms with van der Waals surface area (Å²) in [4.78, 5) is 18.1. The van der Waals surface area contributed by atoms with Crippen molar-refractivity contribution in [3.63, 3.8) is 0 Å². The number of nitrogens with two attached hydrogens (primary N) is 1. The third kappa shape index (κ3) is 3.67. The average molecular weight is 485 g/mol. The fourth-order valence-corrected chi connectivity index (χ4v) is 4.49. The first kappa shape index (κ1) is 19.0. The van der Waals surface area contributed by atoms with E-state index in [0.717, 1.165) is 21.2 Å². The molecule has 0 radical (unpaired) electrons. The molecule has 0 bridgehead atoms. The van der Waals surface area contributed by atoms with Gasteiger partial charge in [-0.3, -0.25) is 4.79 Å². The highest BCUT2D eigenvalue weighted by molar-refractivity contribution is 14.1. The van der Waals surface area contributed by atoms with Gasteiger partial charge in [-0.05, 0) is 58.3 Å². The van der Waals surface area contributed by atoms with Crippen LogP contribution in [0.1, 0.15) is 27.7 Å². The molecule has 0 saturated heterocycles. The number of fused-ring (bicyclic) bond motifs is 1. The molecular formula is C18H17FIN3O2S. The first-order chi connectivity index (χ1) is 12.4. The topological polar surface area (TPSA) is 77.2 Å². The number of hydrogen-bond donors (Lipinski definition) is 2. The number of nitrogen functional groups attached to an aromatic ring is 1. The van der Waals surface area contributed by atoms with Crippen molar-refractivity contribution in [2.75, 3.05) is 18.2 Å². The average Bonchev–Trinajstić information content (AvgIpc) is 2.93. The molecule has 1 aromatic carbocycles. The first-order valence-electron chi connectivity index (χ1n) is 7.90. The Balaban J connectivity index is 2.01. The van der Waals surface area contributed by atoms with Gasteiger partial charge in [0.15, 0.2) is 0 Å². The number of halogens is 2. The smallest absolute Gasteiger partial charge is 0.268 e. The number of amides is 1. The van der Waals surface area contributed by atoms with E-state index in [4.69, 9.17) is 10.5 Å². The number of hydrogen-bond acceptors (Lipinski definition) is 5. The van der Waals surface area contributed by atoms with Gasteiger partial charge in [0.05, 0.1) is 18.0 Å². The lowest BCUT2D eigenvalue weighted by atomic mass is 10.1. The molecular weight excluding hydrogens is 468 g/mol. The zero-order valence-corrected chi connectivity index (χ0v) is 17.2. The number of carbonyl (C=O) groups is 1. The second kappa shape index (κ2) is 7.85. The predicted molar refractivity (Wildman–Crippen MR) is 111 cm³/mol. The van der Waals surface area contributed by atoms with Gasteiger partial charge >= 0.3 is 0 Å². The Kier molecular flexibility index (Phi) is 5.73. The van der Waals surface area contributed by atoms with Gasteiger partial charge in [0.25, 0.3) is 5.91 Å². The van der Waals surface area contributed by atoms with E-state index in [-0.39, 0.29) is 5.69 Å². The van der Waals surface area contributed by atoms with Crippen LogP contribution >= 0.6 is 33.9 Å². The molecule has 0 spiro atoms. The fraction of sp³-hybridized carbons (Fsp3) is 0.222. The van der Waals surface area contributed by atoms with Crippen molar-refractivity contribution in [2.45, 2.75) is 20.0 Å². The molecule has 0 unspecified atom stereocenters. The molecule has 2 heterocycles. The number of thiophene rings is 1. The highest BCUT2D eigenvalue weighted by Gasteiger charge is 2.21. The number of aromatic nitrogens is 1. The Morgan fingerprint density at radius 3 is 2.88 bits per heavy atom. The van der Waals surface area contributed by atoms with Crippen LogP contribution in [0, 0.1) is 9.52 Å². The van der Waals surface area contributed by atoms with Gasteiger partial charge in [-0.2, -0.15) is 0 Å². The zero-order valence-electron chi connectivity index (χ0n) is 14.2. The van der Waals surface area contributed by atoms with E-state index < -0.39 is 11.7 Å². The summed E-state index contributed by atoms with van der Waals surface area (Å²) in [5.41, 5.74) is 8.51. The van der Waals surface area contributed by atoms with Crippen LogP contribution in [0.4, 0.5) is 15.8 Å². The van der Waals surface area contributed by atoms with Gasteiger partial charge in [-0.15, -0.1) is 11.3 Å². The maximum absolute atomic E-state index is 14.0. The van der Waals surface area contributed by atoms with Crippen LogP contribution in [0.2, 0.25) is 0 Å².